The van der Waals surface area contributed by atoms with Gasteiger partial charge in [0.25, 0.3) is 5.91 Å². The van der Waals surface area contributed by atoms with E-state index in [-0.39, 0.29) is 53.1 Å². The van der Waals surface area contributed by atoms with E-state index < -0.39 is 6.04 Å². The van der Waals surface area contributed by atoms with Crippen LogP contribution in [0.5, 0.6) is 11.5 Å². The second kappa shape index (κ2) is 14.8. The van der Waals surface area contributed by atoms with Crippen molar-refractivity contribution in [3.8, 4) is 11.5 Å². The lowest BCUT2D eigenvalue weighted by Gasteiger charge is -2.46. The van der Waals surface area contributed by atoms with Gasteiger partial charge in [-0.25, -0.2) is 4.39 Å². The molecule has 0 saturated carbocycles. The number of anilines is 1. The predicted octanol–water partition coefficient (Wildman–Crippen LogP) is 5.34. The molecule has 0 spiro atoms. The number of carbonyl (C=O) groups is 3. The summed E-state index contributed by atoms with van der Waals surface area (Å²) in [4.78, 5) is 46.4. The van der Waals surface area contributed by atoms with E-state index in [4.69, 9.17) is 4.74 Å². The fourth-order valence-electron chi connectivity index (χ4n) is 10.1. The minimum Gasteiger partial charge on any atom is -0.508 e. The van der Waals surface area contributed by atoms with E-state index in [0.717, 1.165) is 87.3 Å². The number of fused-ring (bicyclic) bond motifs is 2. The molecule has 5 aliphatic heterocycles. The number of piperidine rings is 2. The molecule has 4 saturated heterocycles. The standard InChI is InChI=1S/C45H50FN5O5/c1-45(16-13-34-32(25-45)27-51(44(34)55)39-11-12-41(53)47-43(39)54)50-21-19-48(20-22-50)26-29-14-17-49(18-15-29)38-10-7-31(23-37(38)46)42-35-9-8-33(52)24-40(35)56-28-36(42)30-5-3-2-4-6-30/h2-10,13,23-25,29,36,39,42,52H,11-12,14-22,26-28H2,1H3,(H,47,53,54)/t36-,39-,42-,45?/m1/s1. The number of phenolic OH excluding ortho intramolecular Hbond substituents is 1. The number of carbonyl (C=O) groups excluding carboxylic acids is 3. The first-order valence-corrected chi connectivity index (χ1v) is 20.2. The molecule has 292 valence electrons. The van der Waals surface area contributed by atoms with Gasteiger partial charge in [-0.15, -0.1) is 0 Å². The summed E-state index contributed by atoms with van der Waals surface area (Å²) < 4.78 is 22.2. The van der Waals surface area contributed by atoms with Gasteiger partial charge in [-0.1, -0.05) is 54.6 Å². The normalized spacial score (nSPS) is 27.6. The third kappa shape index (κ3) is 6.89. The van der Waals surface area contributed by atoms with E-state index in [1.54, 1.807) is 23.1 Å². The largest absolute Gasteiger partial charge is 0.508 e. The van der Waals surface area contributed by atoms with Crippen molar-refractivity contribution in [2.75, 3.05) is 63.9 Å². The van der Waals surface area contributed by atoms with Crippen molar-refractivity contribution in [1.29, 1.82) is 0 Å². The van der Waals surface area contributed by atoms with Gasteiger partial charge in [-0.3, -0.25) is 24.6 Å². The maximum atomic E-state index is 16.1. The Morgan fingerprint density at radius 1 is 0.911 bits per heavy atom. The summed E-state index contributed by atoms with van der Waals surface area (Å²) in [7, 11) is 0. The van der Waals surface area contributed by atoms with E-state index in [0.29, 0.717) is 42.5 Å². The zero-order valence-electron chi connectivity index (χ0n) is 32.0. The third-order valence-electron chi connectivity index (χ3n) is 13.2. The zero-order valence-corrected chi connectivity index (χ0v) is 32.0. The molecular weight excluding hydrogens is 710 g/mol. The molecule has 3 aromatic rings. The Kier molecular flexibility index (Phi) is 9.69. The Balaban J connectivity index is 0.795. The summed E-state index contributed by atoms with van der Waals surface area (Å²) in [5.41, 5.74) is 5.16. The molecule has 4 atom stereocenters. The lowest BCUT2D eigenvalue weighted by molar-refractivity contribution is -0.142. The number of imide groups is 1. The molecule has 10 nitrogen and oxygen atoms in total. The van der Waals surface area contributed by atoms with Gasteiger partial charge < -0.3 is 24.5 Å². The lowest BCUT2D eigenvalue weighted by Crippen LogP contribution is -2.56. The molecule has 9 rings (SSSR count). The van der Waals surface area contributed by atoms with Crippen LogP contribution in [-0.2, 0) is 14.4 Å². The first kappa shape index (κ1) is 36.6. The molecule has 2 N–H and O–H groups in total. The van der Waals surface area contributed by atoms with Gasteiger partial charge in [0, 0.05) is 93.4 Å². The highest BCUT2D eigenvalue weighted by molar-refractivity contribution is 6.07. The highest BCUT2D eigenvalue weighted by Crippen LogP contribution is 2.47. The fraction of sp³-hybridized carbons (Fsp3) is 0.444. The number of phenols is 1. The molecule has 6 aliphatic rings. The molecule has 3 aromatic carbocycles. The summed E-state index contributed by atoms with van der Waals surface area (Å²) in [5.74, 6) is 0.308. The van der Waals surface area contributed by atoms with Crippen molar-refractivity contribution < 1.29 is 28.6 Å². The van der Waals surface area contributed by atoms with Crippen LogP contribution in [0.3, 0.4) is 0 Å². The van der Waals surface area contributed by atoms with Gasteiger partial charge in [0.1, 0.15) is 23.4 Å². The minimum atomic E-state index is -0.597. The minimum absolute atomic E-state index is 0.0131. The van der Waals surface area contributed by atoms with Gasteiger partial charge in [0.2, 0.25) is 11.8 Å². The van der Waals surface area contributed by atoms with Crippen molar-refractivity contribution in [2.24, 2.45) is 5.92 Å². The number of hydrogen-bond acceptors (Lipinski definition) is 8. The zero-order chi connectivity index (χ0) is 38.6. The van der Waals surface area contributed by atoms with Crippen LogP contribution < -0.4 is 15.0 Å². The summed E-state index contributed by atoms with van der Waals surface area (Å²) in [5, 5.41) is 12.5. The lowest BCUT2D eigenvalue weighted by atomic mass is 9.76. The van der Waals surface area contributed by atoms with Gasteiger partial charge in [0.15, 0.2) is 0 Å². The number of aromatic hydroxyl groups is 1. The van der Waals surface area contributed by atoms with Crippen LogP contribution in [-0.4, -0.2) is 108 Å². The molecule has 4 fully saturated rings. The first-order valence-electron chi connectivity index (χ1n) is 20.2. The first-order chi connectivity index (χ1) is 27.1. The molecule has 3 amide bonds. The number of nitrogens with zero attached hydrogens (tertiary/aromatic N) is 4. The van der Waals surface area contributed by atoms with Gasteiger partial charge in [-0.2, -0.15) is 0 Å². The average Bonchev–Trinajstić information content (AvgIpc) is 3.52. The van der Waals surface area contributed by atoms with Crippen molar-refractivity contribution in [1.82, 2.24) is 20.0 Å². The van der Waals surface area contributed by atoms with Crippen molar-refractivity contribution >= 4 is 23.4 Å². The van der Waals surface area contributed by atoms with Crippen molar-refractivity contribution in [2.45, 2.75) is 62.4 Å². The maximum absolute atomic E-state index is 16.1. The molecule has 1 unspecified atom stereocenters. The second-order valence-corrected chi connectivity index (χ2v) is 16.7. The number of rotatable bonds is 7. The van der Waals surface area contributed by atoms with E-state index in [9.17, 15) is 19.5 Å². The topological polar surface area (TPSA) is 106 Å². The molecule has 1 aliphatic carbocycles. The van der Waals surface area contributed by atoms with E-state index in [1.165, 1.54) is 0 Å². The number of hydrogen-bond donors (Lipinski definition) is 2. The number of ether oxygens (including phenoxy) is 1. The number of likely N-dealkylation sites (tertiary alicyclic amines) is 1. The van der Waals surface area contributed by atoms with Crippen molar-refractivity contribution in [3.63, 3.8) is 0 Å². The Labute approximate surface area is 327 Å². The molecule has 0 radical (unpaired) electrons. The number of halogens is 1. The van der Waals surface area contributed by atoms with E-state index >= 15 is 4.39 Å². The molecule has 56 heavy (non-hydrogen) atoms. The maximum Gasteiger partial charge on any atom is 0.254 e. The quantitative estimate of drug-likeness (QED) is 0.312. The van der Waals surface area contributed by atoms with Crippen LogP contribution in [0, 0.1) is 11.7 Å². The average molecular weight is 760 g/mol. The van der Waals surface area contributed by atoms with E-state index in [1.807, 2.05) is 30.3 Å². The van der Waals surface area contributed by atoms with E-state index in [2.05, 4.69) is 57.3 Å². The van der Waals surface area contributed by atoms with Crippen LogP contribution in [0.25, 0.3) is 0 Å². The van der Waals surface area contributed by atoms with Gasteiger partial charge in [0.05, 0.1) is 12.3 Å². The van der Waals surface area contributed by atoms with Crippen LogP contribution in [0.15, 0.2) is 90.0 Å². The van der Waals surface area contributed by atoms with Gasteiger partial charge >= 0.3 is 0 Å². The SMILES string of the molecule is CC1(N2CCN(CC3CCN(c4ccc([C@@H]5c6ccc(O)cc6OC[C@@H]5c5ccccc5)cc4F)CC3)CC2)C=C2CN([C@@H]3CCC(=O)NC3=O)C(=O)C2=CC1. The molecule has 5 heterocycles. The fourth-order valence-corrected chi connectivity index (χ4v) is 10.1. The van der Waals surface area contributed by atoms with Crippen LogP contribution in [0.4, 0.5) is 10.1 Å². The smallest absolute Gasteiger partial charge is 0.254 e. The van der Waals surface area contributed by atoms with Crippen LogP contribution in [0.2, 0.25) is 0 Å². The Morgan fingerprint density at radius 3 is 2.45 bits per heavy atom. The number of amides is 3. The van der Waals surface area contributed by atoms with Crippen LogP contribution in [0.1, 0.15) is 67.6 Å². The Hall–Kier alpha value is -5.00. The Bertz CT molecular complexity index is 2090. The molecule has 0 bridgehead atoms. The number of piperazine rings is 1. The number of benzene rings is 3. The third-order valence-corrected chi connectivity index (χ3v) is 13.2. The number of nitrogens with one attached hydrogen (secondary N) is 1. The summed E-state index contributed by atoms with van der Waals surface area (Å²) >= 11 is 0. The van der Waals surface area contributed by atoms with Crippen LogP contribution >= 0.6 is 0 Å². The van der Waals surface area contributed by atoms with Gasteiger partial charge in [-0.05, 0) is 73.4 Å². The van der Waals surface area contributed by atoms with Crippen molar-refractivity contribution in [3.05, 3.63) is 113 Å². The summed E-state index contributed by atoms with van der Waals surface area (Å²) in [6, 6.07) is 20.6. The highest BCUT2D eigenvalue weighted by Gasteiger charge is 2.44. The summed E-state index contributed by atoms with van der Waals surface area (Å²) in [6.07, 6.45) is 7.71. The molecule has 11 heteroatoms. The monoisotopic (exact) mass is 759 g/mol. The predicted molar refractivity (Wildman–Crippen MR) is 211 cm³/mol. The second-order valence-electron chi connectivity index (χ2n) is 16.7. The molecular formula is C45H50FN5O5. The summed E-state index contributed by atoms with van der Waals surface area (Å²) in [6.45, 7) is 9.62. The molecule has 0 aromatic heterocycles. The highest BCUT2D eigenvalue weighted by atomic mass is 19.1. The Morgan fingerprint density at radius 2 is 1.70 bits per heavy atom.